The molecule has 0 bridgehead atoms. The summed E-state index contributed by atoms with van der Waals surface area (Å²) in [6.45, 7) is 24.9. The van der Waals surface area contributed by atoms with E-state index in [1.54, 1.807) is 24.3 Å². The van der Waals surface area contributed by atoms with Crippen molar-refractivity contribution in [3.8, 4) is 23.0 Å². The summed E-state index contributed by atoms with van der Waals surface area (Å²) in [5.41, 5.74) is 6.60. The van der Waals surface area contributed by atoms with Crippen molar-refractivity contribution in [3.63, 3.8) is 0 Å². The highest BCUT2D eigenvalue weighted by molar-refractivity contribution is 5.91. The van der Waals surface area contributed by atoms with E-state index < -0.39 is 0 Å². The van der Waals surface area contributed by atoms with E-state index in [9.17, 15) is 30.0 Å². The molecule has 0 aliphatic carbocycles. The lowest BCUT2D eigenvalue weighted by atomic mass is 9.78. The summed E-state index contributed by atoms with van der Waals surface area (Å²) in [6.07, 6.45) is 2.46. The molecule has 0 heterocycles. The van der Waals surface area contributed by atoms with E-state index in [0.29, 0.717) is 53.3 Å². The topological polar surface area (TPSA) is 139 Å². The van der Waals surface area contributed by atoms with Gasteiger partial charge in [0.15, 0.2) is 0 Å². The summed E-state index contributed by atoms with van der Waals surface area (Å²) in [6, 6.07) is 17.8. The van der Waals surface area contributed by atoms with Crippen LogP contribution in [-0.4, -0.2) is 32.2 Å². The van der Waals surface area contributed by atoms with Crippen LogP contribution in [0.25, 0.3) is 0 Å². The molecule has 0 saturated heterocycles. The summed E-state index contributed by atoms with van der Waals surface area (Å²) in [7, 11) is 0. The Bertz CT molecular complexity index is 2000. The third kappa shape index (κ3) is 11.3. The molecule has 0 aromatic heterocycles. The highest BCUT2D eigenvalue weighted by Gasteiger charge is 2.28. The van der Waals surface area contributed by atoms with Gasteiger partial charge in [-0.15, -0.1) is 0 Å². The number of aromatic hydroxyl groups is 4. The number of amides is 2. The van der Waals surface area contributed by atoms with E-state index in [2.05, 4.69) is 93.7 Å². The molecule has 0 spiro atoms. The Morgan fingerprint density at radius 3 is 1.18 bits per heavy atom. The number of rotatable bonds is 11. The maximum Gasteiger partial charge on any atom is 0.224 e. The molecule has 0 aliphatic rings. The van der Waals surface area contributed by atoms with E-state index in [-0.39, 0.29) is 64.2 Å². The molecule has 0 atom stereocenters. The van der Waals surface area contributed by atoms with Crippen LogP contribution in [0.15, 0.2) is 60.7 Å². The lowest BCUT2D eigenvalue weighted by molar-refractivity contribution is -0.117. The molecular formula is C48H64N2O6. The van der Waals surface area contributed by atoms with Crippen LogP contribution in [0.3, 0.4) is 0 Å². The number of benzene rings is 4. The van der Waals surface area contributed by atoms with Crippen LogP contribution in [-0.2, 0) is 50.5 Å². The molecule has 4 aromatic carbocycles. The minimum Gasteiger partial charge on any atom is -0.508 e. The van der Waals surface area contributed by atoms with Gasteiger partial charge in [0.05, 0.1) is 0 Å². The van der Waals surface area contributed by atoms with Crippen molar-refractivity contribution in [2.45, 2.75) is 143 Å². The third-order valence-corrected chi connectivity index (χ3v) is 10.2. The van der Waals surface area contributed by atoms with Gasteiger partial charge in [-0.1, -0.05) is 107 Å². The standard InChI is InChI=1S/C48H64N2O6/c1-45(2,3)35-22-29(23-36(43(35)55)46(4,5)6)14-13-15-41(53)49-33-17-19-39(51)31(27-33)26-32-28-34(18-20-40(32)52)50-42(54)21-16-30-24-37(47(7,8)9)44(56)38(25-30)48(10,11)12/h17-20,22-25,27-28,51-52,55-56H,13-16,21,26H2,1-12H3,(H,49,53)(H,50,54). The van der Waals surface area contributed by atoms with E-state index in [1.807, 2.05) is 24.3 Å². The van der Waals surface area contributed by atoms with Crippen LogP contribution in [0, 0.1) is 0 Å². The lowest BCUT2D eigenvalue weighted by Gasteiger charge is -2.28. The summed E-state index contributed by atoms with van der Waals surface area (Å²) in [5, 5.41) is 49.5. The quantitative estimate of drug-likeness (QED) is 0.0841. The average molecular weight is 765 g/mol. The second-order valence-electron chi connectivity index (χ2n) is 19.4. The van der Waals surface area contributed by atoms with Crippen molar-refractivity contribution in [1.82, 2.24) is 0 Å². The van der Waals surface area contributed by atoms with E-state index >= 15 is 0 Å². The molecule has 0 unspecified atom stereocenters. The predicted octanol–water partition coefficient (Wildman–Crippen LogP) is 10.8. The molecule has 8 heteroatoms. The zero-order chi connectivity index (χ0) is 42.0. The summed E-state index contributed by atoms with van der Waals surface area (Å²) in [5.74, 6) is 0.338. The Labute approximate surface area is 334 Å². The van der Waals surface area contributed by atoms with Crippen LogP contribution in [0.2, 0.25) is 0 Å². The molecule has 0 radical (unpaired) electrons. The van der Waals surface area contributed by atoms with Crippen molar-refractivity contribution in [2.75, 3.05) is 10.6 Å². The first-order valence-corrected chi connectivity index (χ1v) is 19.7. The molecule has 0 aliphatic heterocycles. The number of aryl methyl sites for hydroxylation is 2. The second kappa shape index (κ2) is 16.6. The predicted molar refractivity (Wildman–Crippen MR) is 229 cm³/mol. The van der Waals surface area contributed by atoms with Crippen LogP contribution in [0.4, 0.5) is 11.4 Å². The lowest BCUT2D eigenvalue weighted by Crippen LogP contribution is -2.18. The summed E-state index contributed by atoms with van der Waals surface area (Å²) < 4.78 is 0. The maximum absolute atomic E-state index is 13.1. The van der Waals surface area contributed by atoms with Gasteiger partial charge in [-0.25, -0.2) is 0 Å². The maximum atomic E-state index is 13.1. The normalized spacial score (nSPS) is 12.4. The van der Waals surface area contributed by atoms with Gasteiger partial charge in [-0.3, -0.25) is 9.59 Å². The number of phenols is 4. The second-order valence-corrected chi connectivity index (χ2v) is 19.4. The molecule has 56 heavy (non-hydrogen) atoms. The molecule has 6 N–H and O–H groups in total. The van der Waals surface area contributed by atoms with Gasteiger partial charge in [0, 0.05) is 41.8 Å². The van der Waals surface area contributed by atoms with Crippen molar-refractivity contribution >= 4 is 23.2 Å². The Morgan fingerprint density at radius 1 is 0.482 bits per heavy atom. The van der Waals surface area contributed by atoms with Gasteiger partial charge in [0.2, 0.25) is 11.8 Å². The number of carbonyl (C=O) groups is 2. The molecular weight excluding hydrogens is 701 g/mol. The fourth-order valence-corrected chi connectivity index (χ4v) is 6.94. The van der Waals surface area contributed by atoms with Crippen LogP contribution in [0.5, 0.6) is 23.0 Å². The molecule has 4 aromatic rings. The van der Waals surface area contributed by atoms with Crippen LogP contribution >= 0.6 is 0 Å². The average Bonchev–Trinajstić information content (AvgIpc) is 3.05. The van der Waals surface area contributed by atoms with Gasteiger partial charge in [-0.2, -0.15) is 0 Å². The first-order chi connectivity index (χ1) is 25.7. The molecule has 4 rings (SSSR count). The number of carbonyl (C=O) groups excluding carboxylic acids is 2. The zero-order valence-corrected chi connectivity index (χ0v) is 35.6. The fourth-order valence-electron chi connectivity index (χ4n) is 6.94. The minimum absolute atomic E-state index is 0.0174. The van der Waals surface area contributed by atoms with Crippen LogP contribution in [0.1, 0.15) is 147 Å². The van der Waals surface area contributed by atoms with Crippen molar-refractivity contribution in [1.29, 1.82) is 0 Å². The van der Waals surface area contributed by atoms with E-state index in [1.165, 1.54) is 12.1 Å². The number of nitrogens with one attached hydrogen (secondary N) is 2. The molecule has 2 amide bonds. The van der Waals surface area contributed by atoms with Crippen molar-refractivity contribution < 1.29 is 30.0 Å². The number of phenolic OH excluding ortho intramolecular Hbond substituents is 4. The Kier molecular flexibility index (Phi) is 13.0. The first kappa shape index (κ1) is 43.7. The summed E-state index contributed by atoms with van der Waals surface area (Å²) >= 11 is 0. The Balaban J connectivity index is 1.40. The smallest absolute Gasteiger partial charge is 0.224 e. The van der Waals surface area contributed by atoms with Gasteiger partial charge in [0.1, 0.15) is 23.0 Å². The van der Waals surface area contributed by atoms with Gasteiger partial charge in [-0.05, 0) is 111 Å². The Morgan fingerprint density at radius 2 is 0.821 bits per heavy atom. The highest BCUT2D eigenvalue weighted by Crippen LogP contribution is 2.41. The van der Waals surface area contributed by atoms with Gasteiger partial charge < -0.3 is 31.1 Å². The summed E-state index contributed by atoms with van der Waals surface area (Å²) in [4.78, 5) is 26.2. The van der Waals surface area contributed by atoms with Crippen molar-refractivity contribution in [2.24, 2.45) is 0 Å². The number of anilines is 2. The van der Waals surface area contributed by atoms with Crippen molar-refractivity contribution in [3.05, 3.63) is 105 Å². The zero-order valence-electron chi connectivity index (χ0n) is 35.6. The molecule has 0 fully saturated rings. The highest BCUT2D eigenvalue weighted by atomic mass is 16.3. The molecule has 8 nitrogen and oxygen atoms in total. The van der Waals surface area contributed by atoms with Gasteiger partial charge in [0.25, 0.3) is 0 Å². The van der Waals surface area contributed by atoms with Gasteiger partial charge >= 0.3 is 0 Å². The molecule has 302 valence electrons. The Hall–Kier alpha value is -4.98. The van der Waals surface area contributed by atoms with E-state index in [0.717, 1.165) is 33.4 Å². The minimum atomic E-state index is -0.270. The number of hydrogen-bond donors (Lipinski definition) is 6. The molecule has 0 saturated carbocycles. The third-order valence-electron chi connectivity index (χ3n) is 10.2. The number of hydrogen-bond acceptors (Lipinski definition) is 6. The monoisotopic (exact) mass is 764 g/mol. The van der Waals surface area contributed by atoms with E-state index in [4.69, 9.17) is 0 Å². The van der Waals surface area contributed by atoms with Crippen LogP contribution < -0.4 is 10.6 Å². The largest absolute Gasteiger partial charge is 0.508 e. The first-order valence-electron chi connectivity index (χ1n) is 19.7. The SMILES string of the molecule is CC(C)(C)c1cc(CCCC(=O)Nc2ccc(O)c(Cc3cc(NC(=O)CCc4cc(C(C)(C)C)c(O)c(C(C)(C)C)c4)ccc3O)c2)cc(C(C)(C)C)c1O. The fraction of sp³-hybridized carbons (Fsp3) is 0.458.